The molecule has 114 valence electrons. The molecule has 0 saturated carbocycles. The van der Waals surface area contributed by atoms with Gasteiger partial charge in [0, 0.05) is 18.5 Å². The summed E-state index contributed by atoms with van der Waals surface area (Å²) in [5.74, 6) is -0.785. The minimum absolute atomic E-state index is 0.146. The Bertz CT molecular complexity index is 693. The highest BCUT2D eigenvalue weighted by Crippen LogP contribution is 2.32. The number of rotatable bonds is 2. The SMILES string of the molecule is C=C(C)c1cccc2c1CN(C1CCCC(=O)NC1=O)C2=O. The number of fused-ring (bicyclic) bond motifs is 1. The summed E-state index contributed by atoms with van der Waals surface area (Å²) < 4.78 is 0. The predicted molar refractivity (Wildman–Crippen MR) is 81.8 cm³/mol. The molecule has 1 aromatic rings. The minimum Gasteiger partial charge on any atom is -0.322 e. The van der Waals surface area contributed by atoms with Gasteiger partial charge >= 0.3 is 0 Å². The number of hydrogen-bond donors (Lipinski definition) is 1. The number of hydrogen-bond acceptors (Lipinski definition) is 3. The Morgan fingerprint density at radius 1 is 1.32 bits per heavy atom. The summed E-state index contributed by atoms with van der Waals surface area (Å²) in [6.07, 6.45) is 1.45. The lowest BCUT2D eigenvalue weighted by Crippen LogP contribution is -2.46. The van der Waals surface area contributed by atoms with Gasteiger partial charge in [-0.25, -0.2) is 0 Å². The van der Waals surface area contributed by atoms with E-state index in [4.69, 9.17) is 0 Å². The largest absolute Gasteiger partial charge is 0.322 e. The van der Waals surface area contributed by atoms with Crippen molar-refractivity contribution >= 4 is 23.3 Å². The van der Waals surface area contributed by atoms with E-state index in [2.05, 4.69) is 11.9 Å². The molecule has 1 saturated heterocycles. The molecule has 2 heterocycles. The topological polar surface area (TPSA) is 66.5 Å². The second-order valence-corrected chi connectivity index (χ2v) is 5.87. The average Bonchev–Trinajstić information content (AvgIpc) is 2.70. The molecule has 2 aliphatic heterocycles. The van der Waals surface area contributed by atoms with E-state index in [0.717, 1.165) is 16.7 Å². The Hall–Kier alpha value is -2.43. The van der Waals surface area contributed by atoms with E-state index in [1.165, 1.54) is 0 Å². The van der Waals surface area contributed by atoms with Crippen molar-refractivity contribution in [1.82, 2.24) is 10.2 Å². The predicted octanol–water partition coefficient (Wildman–Crippen LogP) is 1.87. The molecule has 2 aliphatic rings. The number of imide groups is 1. The Morgan fingerprint density at radius 2 is 2.09 bits per heavy atom. The van der Waals surface area contributed by atoms with Crippen LogP contribution in [-0.2, 0) is 16.1 Å². The van der Waals surface area contributed by atoms with Crippen molar-refractivity contribution < 1.29 is 14.4 Å². The monoisotopic (exact) mass is 298 g/mol. The van der Waals surface area contributed by atoms with Crippen molar-refractivity contribution in [1.29, 1.82) is 0 Å². The van der Waals surface area contributed by atoms with Gasteiger partial charge in [0.2, 0.25) is 11.8 Å². The van der Waals surface area contributed by atoms with Crippen LogP contribution in [0.25, 0.3) is 5.57 Å². The Kier molecular flexibility index (Phi) is 3.56. The summed E-state index contributed by atoms with van der Waals surface area (Å²) in [4.78, 5) is 37.8. The molecule has 1 aromatic carbocycles. The van der Waals surface area contributed by atoms with E-state index in [1.807, 2.05) is 19.1 Å². The van der Waals surface area contributed by atoms with Gasteiger partial charge in [-0.05, 0) is 37.0 Å². The van der Waals surface area contributed by atoms with E-state index < -0.39 is 6.04 Å². The van der Waals surface area contributed by atoms with Crippen molar-refractivity contribution in [2.75, 3.05) is 0 Å². The zero-order valence-electron chi connectivity index (χ0n) is 12.5. The van der Waals surface area contributed by atoms with Crippen LogP contribution in [0.4, 0.5) is 0 Å². The standard InChI is InChI=1S/C17H18N2O3/c1-10(2)11-5-3-6-12-13(11)9-19(17(12)22)14-7-4-8-15(20)18-16(14)21/h3,5-6,14H,1,4,7-9H2,2H3,(H,18,20,21). The molecule has 3 rings (SSSR count). The molecule has 5 heteroatoms. The molecular weight excluding hydrogens is 280 g/mol. The van der Waals surface area contributed by atoms with E-state index >= 15 is 0 Å². The molecule has 3 amide bonds. The number of carbonyl (C=O) groups is 3. The van der Waals surface area contributed by atoms with Crippen LogP contribution >= 0.6 is 0 Å². The zero-order chi connectivity index (χ0) is 15.9. The molecule has 1 atom stereocenters. The van der Waals surface area contributed by atoms with Gasteiger partial charge in [0.25, 0.3) is 5.91 Å². The summed E-state index contributed by atoms with van der Waals surface area (Å²) in [5, 5.41) is 2.36. The summed E-state index contributed by atoms with van der Waals surface area (Å²) in [5.41, 5.74) is 3.40. The normalized spacial score (nSPS) is 21.4. The maximum Gasteiger partial charge on any atom is 0.255 e. The summed E-state index contributed by atoms with van der Waals surface area (Å²) in [7, 11) is 0. The molecule has 1 fully saturated rings. The minimum atomic E-state index is -0.579. The van der Waals surface area contributed by atoms with Gasteiger partial charge in [0.15, 0.2) is 0 Å². The second kappa shape index (κ2) is 5.40. The summed E-state index contributed by atoms with van der Waals surface area (Å²) >= 11 is 0. The van der Waals surface area contributed by atoms with Crippen molar-refractivity contribution in [3.8, 4) is 0 Å². The molecule has 0 spiro atoms. The first-order valence-corrected chi connectivity index (χ1v) is 7.41. The van der Waals surface area contributed by atoms with E-state index in [1.54, 1.807) is 11.0 Å². The molecule has 0 bridgehead atoms. The highest BCUT2D eigenvalue weighted by atomic mass is 16.2. The van der Waals surface area contributed by atoms with Gasteiger partial charge in [0.05, 0.1) is 0 Å². The Balaban J connectivity index is 1.93. The molecule has 1 N–H and O–H groups in total. The average molecular weight is 298 g/mol. The van der Waals surface area contributed by atoms with Crippen molar-refractivity contribution in [3.05, 3.63) is 41.5 Å². The summed E-state index contributed by atoms with van der Waals surface area (Å²) in [6, 6.07) is 4.98. The quantitative estimate of drug-likeness (QED) is 0.848. The highest BCUT2D eigenvalue weighted by Gasteiger charge is 2.38. The molecular formula is C17H18N2O3. The molecule has 0 aromatic heterocycles. The lowest BCUT2D eigenvalue weighted by atomic mass is 9.99. The van der Waals surface area contributed by atoms with Crippen LogP contribution in [0.5, 0.6) is 0 Å². The third kappa shape index (κ3) is 2.32. The van der Waals surface area contributed by atoms with Gasteiger partial charge in [-0.2, -0.15) is 0 Å². The fraction of sp³-hybridized carbons (Fsp3) is 0.353. The maximum absolute atomic E-state index is 12.6. The van der Waals surface area contributed by atoms with E-state index in [9.17, 15) is 14.4 Å². The van der Waals surface area contributed by atoms with Gasteiger partial charge in [-0.15, -0.1) is 0 Å². The fourth-order valence-corrected chi connectivity index (χ4v) is 3.17. The van der Waals surface area contributed by atoms with Crippen LogP contribution in [-0.4, -0.2) is 28.7 Å². The zero-order valence-corrected chi connectivity index (χ0v) is 12.5. The van der Waals surface area contributed by atoms with Gasteiger partial charge < -0.3 is 4.90 Å². The molecule has 0 radical (unpaired) electrons. The maximum atomic E-state index is 12.6. The summed E-state index contributed by atoms with van der Waals surface area (Å²) in [6.45, 7) is 6.25. The number of allylic oxidation sites excluding steroid dienone is 1. The first-order valence-electron chi connectivity index (χ1n) is 7.41. The number of nitrogens with one attached hydrogen (secondary N) is 1. The lowest BCUT2D eigenvalue weighted by Gasteiger charge is -2.24. The van der Waals surface area contributed by atoms with Crippen molar-refractivity contribution in [3.63, 3.8) is 0 Å². The fourth-order valence-electron chi connectivity index (χ4n) is 3.17. The second-order valence-electron chi connectivity index (χ2n) is 5.87. The number of carbonyl (C=O) groups excluding carboxylic acids is 3. The Labute approximate surface area is 129 Å². The van der Waals surface area contributed by atoms with Crippen LogP contribution in [0.15, 0.2) is 24.8 Å². The lowest BCUT2D eigenvalue weighted by molar-refractivity contribution is -0.132. The van der Waals surface area contributed by atoms with Crippen molar-refractivity contribution in [2.24, 2.45) is 0 Å². The van der Waals surface area contributed by atoms with Crippen LogP contribution < -0.4 is 5.32 Å². The van der Waals surface area contributed by atoms with E-state index in [0.29, 0.717) is 31.4 Å². The first kappa shape index (κ1) is 14.5. The van der Waals surface area contributed by atoms with Gasteiger partial charge in [-0.3, -0.25) is 19.7 Å². The van der Waals surface area contributed by atoms with Crippen molar-refractivity contribution in [2.45, 2.75) is 38.8 Å². The van der Waals surface area contributed by atoms with Gasteiger partial charge in [0.1, 0.15) is 6.04 Å². The van der Waals surface area contributed by atoms with Gasteiger partial charge in [-0.1, -0.05) is 24.3 Å². The molecule has 1 unspecified atom stereocenters. The third-order valence-corrected chi connectivity index (χ3v) is 4.28. The molecule has 5 nitrogen and oxygen atoms in total. The first-order chi connectivity index (χ1) is 10.5. The van der Waals surface area contributed by atoms with Crippen LogP contribution in [0.2, 0.25) is 0 Å². The molecule has 22 heavy (non-hydrogen) atoms. The van der Waals surface area contributed by atoms with E-state index in [-0.39, 0.29) is 17.7 Å². The van der Waals surface area contributed by atoms with Crippen LogP contribution in [0.1, 0.15) is 47.7 Å². The number of amides is 3. The Morgan fingerprint density at radius 3 is 2.82 bits per heavy atom. The number of benzene rings is 1. The van der Waals surface area contributed by atoms with Crippen LogP contribution in [0.3, 0.4) is 0 Å². The molecule has 0 aliphatic carbocycles. The third-order valence-electron chi connectivity index (χ3n) is 4.28. The van der Waals surface area contributed by atoms with Crippen LogP contribution in [0, 0.1) is 0 Å². The smallest absolute Gasteiger partial charge is 0.255 e. The number of nitrogens with zero attached hydrogens (tertiary/aromatic N) is 1. The highest BCUT2D eigenvalue weighted by molar-refractivity contribution is 6.05.